The molecule has 30 heavy (non-hydrogen) atoms. The maximum Gasteiger partial charge on any atom is 0.264 e. The molecule has 5 nitrogen and oxygen atoms in total. The Morgan fingerprint density at radius 1 is 1.00 bits per heavy atom. The van der Waals surface area contributed by atoms with E-state index in [0.29, 0.717) is 0 Å². The van der Waals surface area contributed by atoms with Gasteiger partial charge in [0, 0.05) is 18.7 Å². The van der Waals surface area contributed by atoms with Crippen molar-refractivity contribution in [3.8, 4) is 17.2 Å². The molecule has 1 aliphatic heterocycles. The number of phenols is 2. The van der Waals surface area contributed by atoms with Crippen LogP contribution in [0.1, 0.15) is 39.0 Å². The first-order valence-electron chi connectivity index (χ1n) is 9.34. The van der Waals surface area contributed by atoms with E-state index in [2.05, 4.69) is 0 Å². The molecule has 1 aliphatic rings. The lowest BCUT2D eigenvalue weighted by Crippen LogP contribution is -2.26. The highest BCUT2D eigenvalue weighted by Crippen LogP contribution is 2.37. The number of carbonyl (C=O) groups is 1. The number of halogens is 2. The number of aromatic hydroxyl groups is 2. The number of nitrogens with zero attached hydrogens (tertiary/aromatic N) is 1. The fourth-order valence-corrected chi connectivity index (χ4v) is 3.49. The topological polar surface area (TPSA) is 70.0 Å². The average Bonchev–Trinajstić information content (AvgIpc) is 3.15. The zero-order chi connectivity index (χ0) is 21.3. The summed E-state index contributed by atoms with van der Waals surface area (Å²) in [4.78, 5) is 14.6. The number of fused-ring (bicyclic) bond motifs is 1. The number of phenolic OH excluding ortho intramolecular Hbond substituents is 2. The lowest BCUT2D eigenvalue weighted by Gasteiger charge is -2.20. The highest BCUT2D eigenvalue weighted by Gasteiger charge is 2.30. The minimum absolute atomic E-state index is 0.0569. The third-order valence-electron chi connectivity index (χ3n) is 5.01. The van der Waals surface area contributed by atoms with Crippen molar-refractivity contribution >= 4 is 5.91 Å². The van der Waals surface area contributed by atoms with E-state index in [0.717, 1.165) is 28.8 Å². The Labute approximate surface area is 171 Å². The first kappa shape index (κ1) is 19.7. The van der Waals surface area contributed by atoms with Gasteiger partial charge >= 0.3 is 0 Å². The van der Waals surface area contributed by atoms with Crippen LogP contribution in [0, 0.1) is 0 Å². The zero-order valence-corrected chi connectivity index (χ0v) is 15.9. The molecule has 0 unspecified atom stereocenters. The van der Waals surface area contributed by atoms with Gasteiger partial charge in [-0.3, -0.25) is 4.79 Å². The van der Waals surface area contributed by atoms with Crippen molar-refractivity contribution in [1.82, 2.24) is 4.90 Å². The van der Waals surface area contributed by atoms with Crippen LogP contribution in [0.3, 0.4) is 0 Å². The molecule has 0 spiro atoms. The Bertz CT molecular complexity index is 1090. The van der Waals surface area contributed by atoms with Gasteiger partial charge in [0.25, 0.3) is 12.3 Å². The molecule has 0 atom stereocenters. The summed E-state index contributed by atoms with van der Waals surface area (Å²) in [6.45, 7) is 0.570. The number of amides is 1. The van der Waals surface area contributed by atoms with Crippen molar-refractivity contribution in [3.05, 3.63) is 88.5 Å². The van der Waals surface area contributed by atoms with Crippen molar-refractivity contribution in [2.24, 2.45) is 0 Å². The normalized spacial score (nSPS) is 12.8. The SMILES string of the molecule is O=C(c1c(O)cc(C(F)F)cc1OCc1ccccc1)N1Cc2ccc(O)cc2C1. The fraction of sp³-hybridized carbons (Fsp3) is 0.174. The monoisotopic (exact) mass is 411 g/mol. The van der Waals surface area contributed by atoms with Gasteiger partial charge in [0.15, 0.2) is 0 Å². The predicted molar refractivity (Wildman–Crippen MR) is 106 cm³/mol. The summed E-state index contributed by atoms with van der Waals surface area (Å²) in [6.07, 6.45) is -2.82. The van der Waals surface area contributed by atoms with E-state index in [1.165, 1.54) is 11.0 Å². The van der Waals surface area contributed by atoms with Crippen LogP contribution in [-0.4, -0.2) is 21.0 Å². The van der Waals surface area contributed by atoms with Gasteiger partial charge in [-0.25, -0.2) is 8.78 Å². The molecule has 1 amide bonds. The molecule has 0 aliphatic carbocycles. The summed E-state index contributed by atoms with van der Waals surface area (Å²) in [7, 11) is 0. The molecule has 0 saturated heterocycles. The van der Waals surface area contributed by atoms with E-state index >= 15 is 0 Å². The molecule has 154 valence electrons. The van der Waals surface area contributed by atoms with Crippen LogP contribution in [-0.2, 0) is 19.7 Å². The minimum Gasteiger partial charge on any atom is -0.508 e. The number of alkyl halides is 2. The number of ether oxygens (including phenoxy) is 1. The van der Waals surface area contributed by atoms with Gasteiger partial charge in [0.05, 0.1) is 0 Å². The van der Waals surface area contributed by atoms with E-state index in [1.54, 1.807) is 12.1 Å². The molecule has 0 saturated carbocycles. The van der Waals surface area contributed by atoms with Crippen LogP contribution in [0.15, 0.2) is 60.7 Å². The number of carbonyl (C=O) groups excluding carboxylic acids is 1. The summed E-state index contributed by atoms with van der Waals surface area (Å²) in [5.74, 6) is -1.09. The third kappa shape index (κ3) is 3.91. The molecule has 0 radical (unpaired) electrons. The Morgan fingerprint density at radius 3 is 2.47 bits per heavy atom. The molecule has 2 N–H and O–H groups in total. The van der Waals surface area contributed by atoms with Crippen LogP contribution in [0.4, 0.5) is 8.78 Å². The van der Waals surface area contributed by atoms with Gasteiger partial charge in [-0.15, -0.1) is 0 Å². The second kappa shape index (κ2) is 8.02. The van der Waals surface area contributed by atoms with E-state index in [-0.39, 0.29) is 36.8 Å². The molecule has 0 fully saturated rings. The van der Waals surface area contributed by atoms with Gasteiger partial charge in [0.2, 0.25) is 0 Å². The van der Waals surface area contributed by atoms with Crippen LogP contribution in [0.5, 0.6) is 17.2 Å². The Morgan fingerprint density at radius 2 is 1.73 bits per heavy atom. The Hall–Kier alpha value is -3.61. The minimum atomic E-state index is -2.82. The van der Waals surface area contributed by atoms with Gasteiger partial charge in [-0.05, 0) is 41.0 Å². The summed E-state index contributed by atoms with van der Waals surface area (Å²) in [6, 6.07) is 15.9. The summed E-state index contributed by atoms with van der Waals surface area (Å²) in [5, 5.41) is 20.1. The van der Waals surface area contributed by atoms with Gasteiger partial charge in [0.1, 0.15) is 29.4 Å². The van der Waals surface area contributed by atoms with Crippen molar-refractivity contribution in [3.63, 3.8) is 0 Å². The molecule has 7 heteroatoms. The first-order valence-corrected chi connectivity index (χ1v) is 9.34. The molecule has 0 bridgehead atoms. The number of benzene rings is 3. The first-order chi connectivity index (χ1) is 14.4. The van der Waals surface area contributed by atoms with Crippen LogP contribution >= 0.6 is 0 Å². The van der Waals surface area contributed by atoms with Gasteiger partial charge in [-0.2, -0.15) is 0 Å². The van der Waals surface area contributed by atoms with E-state index in [1.807, 2.05) is 30.3 Å². The lowest BCUT2D eigenvalue weighted by atomic mass is 10.1. The molecule has 3 aromatic rings. The van der Waals surface area contributed by atoms with Gasteiger partial charge in [-0.1, -0.05) is 36.4 Å². The lowest BCUT2D eigenvalue weighted by molar-refractivity contribution is 0.0742. The highest BCUT2D eigenvalue weighted by atomic mass is 19.3. The number of hydrogen-bond acceptors (Lipinski definition) is 4. The van der Waals surface area contributed by atoms with E-state index < -0.39 is 23.6 Å². The second-order valence-corrected chi connectivity index (χ2v) is 7.10. The maximum absolute atomic E-state index is 13.3. The standard InChI is InChI=1S/C23H19F2NO4/c24-22(25)16-9-19(28)21(20(10-16)30-13-14-4-2-1-3-5-14)23(29)26-11-15-6-7-18(27)8-17(15)12-26/h1-10,22,27-28H,11-13H2. The third-order valence-corrected chi connectivity index (χ3v) is 5.01. The van der Waals surface area contributed by atoms with Gasteiger partial charge < -0.3 is 19.8 Å². The molecule has 1 heterocycles. The second-order valence-electron chi connectivity index (χ2n) is 7.10. The highest BCUT2D eigenvalue weighted by molar-refractivity contribution is 6.00. The van der Waals surface area contributed by atoms with E-state index in [9.17, 15) is 23.8 Å². The predicted octanol–water partition coefficient (Wildman–Crippen LogP) is 4.77. The Kier molecular flexibility index (Phi) is 5.27. The zero-order valence-electron chi connectivity index (χ0n) is 15.9. The van der Waals surface area contributed by atoms with Crippen molar-refractivity contribution in [2.45, 2.75) is 26.1 Å². The van der Waals surface area contributed by atoms with E-state index in [4.69, 9.17) is 4.74 Å². The average molecular weight is 411 g/mol. The van der Waals surface area contributed by atoms with Crippen molar-refractivity contribution in [2.75, 3.05) is 0 Å². The quantitative estimate of drug-likeness (QED) is 0.635. The maximum atomic E-state index is 13.3. The molecular formula is C23H19F2NO4. The number of hydrogen-bond donors (Lipinski definition) is 2. The van der Waals surface area contributed by atoms with Crippen LogP contribution in [0.25, 0.3) is 0 Å². The van der Waals surface area contributed by atoms with Crippen molar-refractivity contribution < 1.29 is 28.5 Å². The number of rotatable bonds is 5. The van der Waals surface area contributed by atoms with Crippen LogP contribution in [0.2, 0.25) is 0 Å². The smallest absolute Gasteiger partial charge is 0.264 e. The fourth-order valence-electron chi connectivity index (χ4n) is 3.49. The molecule has 4 rings (SSSR count). The summed E-state index contributed by atoms with van der Waals surface area (Å²) >= 11 is 0. The molecular weight excluding hydrogens is 392 g/mol. The molecule has 3 aromatic carbocycles. The summed E-state index contributed by atoms with van der Waals surface area (Å²) < 4.78 is 32.2. The summed E-state index contributed by atoms with van der Waals surface area (Å²) in [5.41, 5.74) is 1.87. The molecule has 0 aromatic heterocycles. The largest absolute Gasteiger partial charge is 0.508 e. The van der Waals surface area contributed by atoms with Crippen molar-refractivity contribution in [1.29, 1.82) is 0 Å². The van der Waals surface area contributed by atoms with Crippen LogP contribution < -0.4 is 4.74 Å². The Balaban J connectivity index is 1.65.